The molecule has 0 N–H and O–H groups in total. The second-order valence-corrected chi connectivity index (χ2v) is 11.7. The summed E-state index contributed by atoms with van der Waals surface area (Å²) in [4.78, 5) is 2.52. The minimum atomic E-state index is -0.0467. The molecule has 1 saturated heterocycles. The second kappa shape index (κ2) is 10.7. The molecule has 0 radical (unpaired) electrons. The van der Waals surface area contributed by atoms with Crippen LogP contribution in [0.4, 0.5) is 5.69 Å². The molecule has 176 valence electrons. The molecular weight excluding hydrogens is 386 g/mol. The van der Waals surface area contributed by atoms with Gasteiger partial charge in [-0.25, -0.2) is 0 Å². The van der Waals surface area contributed by atoms with E-state index in [1.807, 2.05) is 0 Å². The van der Waals surface area contributed by atoms with Crippen molar-refractivity contribution in [3.63, 3.8) is 0 Å². The molecule has 4 nitrogen and oxygen atoms in total. The number of rotatable bonds is 9. The number of hydrogen-bond donors (Lipinski definition) is 0. The molecule has 0 atom stereocenters. The maximum atomic E-state index is 6.36. The molecule has 2 fully saturated rings. The summed E-state index contributed by atoms with van der Waals surface area (Å²) >= 11 is 0. The predicted octanol–water partition coefficient (Wildman–Crippen LogP) is 6.01. The van der Waals surface area contributed by atoms with Gasteiger partial charge in [0, 0.05) is 25.4 Å². The van der Waals surface area contributed by atoms with E-state index >= 15 is 0 Å². The summed E-state index contributed by atoms with van der Waals surface area (Å²) in [7, 11) is 0. The summed E-state index contributed by atoms with van der Waals surface area (Å²) < 4.78 is 18.2. The van der Waals surface area contributed by atoms with Crippen molar-refractivity contribution in [1.29, 1.82) is 0 Å². The summed E-state index contributed by atoms with van der Waals surface area (Å²) in [6.45, 7) is 16.9. The zero-order chi connectivity index (χ0) is 22.5. The van der Waals surface area contributed by atoms with E-state index in [9.17, 15) is 0 Å². The van der Waals surface area contributed by atoms with Gasteiger partial charge in [0.1, 0.15) is 0 Å². The van der Waals surface area contributed by atoms with E-state index < -0.39 is 0 Å². The molecule has 31 heavy (non-hydrogen) atoms. The van der Waals surface area contributed by atoms with Gasteiger partial charge in [-0.1, -0.05) is 32.9 Å². The monoisotopic (exact) mass is 431 g/mol. The average Bonchev–Trinajstić information content (AvgIpc) is 2.65. The first-order chi connectivity index (χ1) is 14.6. The van der Waals surface area contributed by atoms with Crippen LogP contribution in [0.3, 0.4) is 0 Å². The summed E-state index contributed by atoms with van der Waals surface area (Å²) in [6.07, 6.45) is 7.68. The third-order valence-electron chi connectivity index (χ3n) is 5.96. The lowest BCUT2D eigenvalue weighted by atomic mass is 9.90. The predicted molar refractivity (Wildman–Crippen MR) is 129 cm³/mol. The van der Waals surface area contributed by atoms with Crippen molar-refractivity contribution in [2.24, 2.45) is 5.41 Å². The first kappa shape index (κ1) is 24.5. The van der Waals surface area contributed by atoms with Crippen molar-refractivity contribution < 1.29 is 14.2 Å². The highest BCUT2D eigenvalue weighted by atomic mass is 16.5. The van der Waals surface area contributed by atoms with Crippen LogP contribution in [0.15, 0.2) is 24.3 Å². The molecule has 0 unspecified atom stereocenters. The molecule has 1 aromatic rings. The molecule has 3 rings (SSSR count). The Balaban J connectivity index is 1.35. The molecule has 1 aliphatic heterocycles. The van der Waals surface area contributed by atoms with Gasteiger partial charge in [-0.3, -0.25) is 0 Å². The number of piperidine rings is 1. The summed E-state index contributed by atoms with van der Waals surface area (Å²) in [6, 6.07) is 9.06. The topological polar surface area (TPSA) is 30.9 Å². The van der Waals surface area contributed by atoms with Gasteiger partial charge < -0.3 is 19.1 Å². The Hall–Kier alpha value is -1.10. The van der Waals surface area contributed by atoms with Crippen LogP contribution in [-0.2, 0) is 20.6 Å². The Morgan fingerprint density at radius 2 is 1.65 bits per heavy atom. The van der Waals surface area contributed by atoms with E-state index in [2.05, 4.69) is 70.7 Å². The second-order valence-electron chi connectivity index (χ2n) is 11.7. The minimum Gasteiger partial charge on any atom is -0.381 e. The molecule has 1 saturated carbocycles. The third kappa shape index (κ3) is 8.75. The van der Waals surface area contributed by atoms with Crippen LogP contribution < -0.4 is 4.90 Å². The fourth-order valence-corrected chi connectivity index (χ4v) is 4.41. The number of hydrogen-bond acceptors (Lipinski definition) is 4. The quantitative estimate of drug-likeness (QED) is 0.448. The van der Waals surface area contributed by atoms with Crippen LogP contribution in [0.5, 0.6) is 0 Å². The largest absolute Gasteiger partial charge is 0.381 e. The van der Waals surface area contributed by atoms with Gasteiger partial charge in [0.15, 0.2) is 0 Å². The van der Waals surface area contributed by atoms with Gasteiger partial charge >= 0.3 is 0 Å². The fraction of sp³-hybridized carbons (Fsp3) is 0.778. The van der Waals surface area contributed by atoms with Gasteiger partial charge in [-0.2, -0.15) is 0 Å². The molecule has 1 aliphatic carbocycles. The Morgan fingerprint density at radius 3 is 2.29 bits per heavy atom. The molecule has 0 spiro atoms. The van der Waals surface area contributed by atoms with E-state index in [0.29, 0.717) is 18.3 Å². The molecule has 1 aromatic carbocycles. The Morgan fingerprint density at radius 1 is 0.935 bits per heavy atom. The highest BCUT2D eigenvalue weighted by Gasteiger charge is 2.35. The van der Waals surface area contributed by atoms with Gasteiger partial charge in [-0.05, 0) is 82.4 Å². The Kier molecular flexibility index (Phi) is 8.45. The number of benzene rings is 1. The Bertz CT molecular complexity index is 662. The summed E-state index contributed by atoms with van der Waals surface area (Å²) in [5, 5.41) is 0. The van der Waals surface area contributed by atoms with Crippen LogP contribution in [0.1, 0.15) is 79.2 Å². The normalized spacial score (nSPS) is 23.1. The lowest BCUT2D eigenvalue weighted by Gasteiger charge is -2.42. The third-order valence-corrected chi connectivity index (χ3v) is 5.96. The molecule has 4 heteroatoms. The molecule has 0 amide bonds. The van der Waals surface area contributed by atoms with E-state index in [4.69, 9.17) is 14.2 Å². The van der Waals surface area contributed by atoms with Crippen molar-refractivity contribution in [2.45, 2.75) is 104 Å². The van der Waals surface area contributed by atoms with Crippen molar-refractivity contribution in [3.05, 3.63) is 29.8 Å². The summed E-state index contributed by atoms with van der Waals surface area (Å²) in [5.41, 5.74) is 2.97. The lowest BCUT2D eigenvalue weighted by Crippen LogP contribution is -2.45. The van der Waals surface area contributed by atoms with Crippen molar-refractivity contribution in [1.82, 2.24) is 0 Å². The van der Waals surface area contributed by atoms with Crippen molar-refractivity contribution >= 4 is 5.69 Å². The zero-order valence-electron chi connectivity index (χ0n) is 20.8. The first-order valence-corrected chi connectivity index (χ1v) is 12.3. The smallest absolute Gasteiger partial charge is 0.0631 e. The van der Waals surface area contributed by atoms with E-state index in [1.165, 1.54) is 11.3 Å². The SMILES string of the molecule is CC(C)(C)COCCCc1cccc(N2CCC(OC3CC(OC(C)(C)C)C3)CC2)c1. The van der Waals surface area contributed by atoms with Crippen LogP contribution >= 0.6 is 0 Å². The number of anilines is 1. The number of aryl methyl sites for hydroxylation is 1. The number of nitrogens with zero attached hydrogens (tertiary/aromatic N) is 1. The van der Waals surface area contributed by atoms with Gasteiger partial charge in [0.25, 0.3) is 0 Å². The van der Waals surface area contributed by atoms with Crippen LogP contribution in [-0.4, -0.2) is 50.2 Å². The first-order valence-electron chi connectivity index (χ1n) is 12.3. The fourth-order valence-electron chi connectivity index (χ4n) is 4.41. The van der Waals surface area contributed by atoms with Crippen LogP contribution in [0, 0.1) is 5.41 Å². The average molecular weight is 432 g/mol. The minimum absolute atomic E-state index is 0.0467. The zero-order valence-corrected chi connectivity index (χ0v) is 20.8. The van der Waals surface area contributed by atoms with E-state index in [-0.39, 0.29) is 11.0 Å². The lowest BCUT2D eigenvalue weighted by molar-refractivity contribution is -0.164. The summed E-state index contributed by atoms with van der Waals surface area (Å²) in [5.74, 6) is 0. The van der Waals surface area contributed by atoms with Crippen LogP contribution in [0.2, 0.25) is 0 Å². The standard InChI is InChI=1S/C27H45NO3/c1-26(2,3)20-29-16-8-10-21-9-7-11-22(17-21)28-14-12-23(13-15-28)30-24-18-25(19-24)31-27(4,5)6/h7,9,11,17,23-25H,8,10,12-16,18-20H2,1-6H3. The van der Waals surface area contributed by atoms with Crippen LogP contribution in [0.25, 0.3) is 0 Å². The molecular formula is C27H45NO3. The number of ether oxygens (including phenoxy) is 3. The van der Waals surface area contributed by atoms with Gasteiger partial charge in [0.2, 0.25) is 0 Å². The maximum Gasteiger partial charge on any atom is 0.0631 e. The molecule has 0 bridgehead atoms. The highest BCUT2D eigenvalue weighted by molar-refractivity contribution is 5.49. The van der Waals surface area contributed by atoms with Gasteiger partial charge in [0.05, 0.1) is 30.5 Å². The van der Waals surface area contributed by atoms with Gasteiger partial charge in [-0.15, -0.1) is 0 Å². The van der Waals surface area contributed by atoms with Crippen molar-refractivity contribution in [2.75, 3.05) is 31.2 Å². The maximum absolute atomic E-state index is 6.36. The molecule has 1 heterocycles. The molecule has 2 aliphatic rings. The van der Waals surface area contributed by atoms with E-state index in [1.54, 1.807) is 0 Å². The molecule has 0 aromatic heterocycles. The van der Waals surface area contributed by atoms with Crippen molar-refractivity contribution in [3.8, 4) is 0 Å². The van der Waals surface area contributed by atoms with E-state index in [0.717, 1.165) is 64.8 Å². The Labute approximate surface area is 190 Å². The highest BCUT2D eigenvalue weighted by Crippen LogP contribution is 2.32.